The van der Waals surface area contributed by atoms with E-state index in [-0.39, 0.29) is 11.6 Å². The molecule has 2 saturated heterocycles. The van der Waals surface area contributed by atoms with E-state index in [1.807, 2.05) is 24.5 Å². The van der Waals surface area contributed by atoms with Gasteiger partial charge in [0.2, 0.25) is 10.0 Å². The lowest BCUT2D eigenvalue weighted by atomic mass is 9.86. The number of piperidine rings is 1. The predicted octanol–water partition coefficient (Wildman–Crippen LogP) is 1.49. The minimum Gasteiger partial charge on any atom is -0.383 e. The van der Waals surface area contributed by atoms with E-state index in [1.165, 1.54) is 11.8 Å². The molecule has 0 bridgehead atoms. The molecule has 1 aromatic heterocycles. The number of methoxy groups -OCH3 is 1. The molecule has 7 heteroatoms. The number of hydrogen-bond acceptors (Lipinski definition) is 5. The zero-order valence-corrected chi connectivity index (χ0v) is 15.3. The molecule has 0 N–H and O–H groups in total. The van der Waals surface area contributed by atoms with Crippen molar-refractivity contribution in [3.05, 3.63) is 30.1 Å². The quantitative estimate of drug-likeness (QED) is 0.802. The molecule has 24 heavy (non-hydrogen) atoms. The van der Waals surface area contributed by atoms with Crippen LogP contribution in [0.3, 0.4) is 0 Å². The number of aromatic nitrogens is 1. The first kappa shape index (κ1) is 17.8. The average Bonchev–Trinajstić information content (AvgIpc) is 2.90. The molecule has 0 amide bonds. The summed E-state index contributed by atoms with van der Waals surface area (Å²) in [6, 6.07) is 4.06. The maximum Gasteiger partial charge on any atom is 0.212 e. The Kier molecular flexibility index (Phi) is 5.24. The van der Waals surface area contributed by atoms with Crippen molar-refractivity contribution in [3.63, 3.8) is 0 Å². The zero-order valence-electron chi connectivity index (χ0n) is 14.5. The van der Waals surface area contributed by atoms with Gasteiger partial charge in [-0.25, -0.2) is 8.42 Å². The summed E-state index contributed by atoms with van der Waals surface area (Å²) in [4.78, 5) is 6.46. The Balaban J connectivity index is 1.69. The highest BCUT2D eigenvalue weighted by molar-refractivity contribution is 7.88. The highest BCUT2D eigenvalue weighted by atomic mass is 32.2. The fourth-order valence-electron chi connectivity index (χ4n) is 4.36. The van der Waals surface area contributed by atoms with Gasteiger partial charge in [-0.15, -0.1) is 0 Å². The maximum atomic E-state index is 12.4. The Morgan fingerprint density at radius 1 is 1.25 bits per heavy atom. The molecule has 3 heterocycles. The molecule has 2 fully saturated rings. The number of hydrogen-bond donors (Lipinski definition) is 0. The highest BCUT2D eigenvalue weighted by Gasteiger charge is 2.51. The van der Waals surface area contributed by atoms with Gasteiger partial charge >= 0.3 is 0 Å². The highest BCUT2D eigenvalue weighted by Crippen LogP contribution is 2.43. The van der Waals surface area contributed by atoms with Crippen LogP contribution >= 0.6 is 0 Å². The van der Waals surface area contributed by atoms with E-state index in [0.717, 1.165) is 45.3 Å². The van der Waals surface area contributed by atoms with Crippen molar-refractivity contribution >= 4 is 10.0 Å². The maximum absolute atomic E-state index is 12.4. The second-order valence-electron chi connectivity index (χ2n) is 7.06. The Morgan fingerprint density at radius 3 is 2.50 bits per heavy atom. The fraction of sp³-hybridized carbons (Fsp3) is 0.706. The first-order valence-corrected chi connectivity index (χ1v) is 10.4. The van der Waals surface area contributed by atoms with Crippen molar-refractivity contribution in [1.29, 1.82) is 0 Å². The number of pyridine rings is 1. The van der Waals surface area contributed by atoms with Gasteiger partial charge in [0.15, 0.2) is 0 Å². The van der Waals surface area contributed by atoms with E-state index in [1.54, 1.807) is 11.4 Å². The van der Waals surface area contributed by atoms with Crippen LogP contribution in [-0.4, -0.2) is 67.2 Å². The van der Waals surface area contributed by atoms with E-state index >= 15 is 0 Å². The van der Waals surface area contributed by atoms with Gasteiger partial charge < -0.3 is 4.74 Å². The van der Waals surface area contributed by atoms with Gasteiger partial charge in [-0.05, 0) is 43.4 Å². The zero-order chi connectivity index (χ0) is 17.2. The molecule has 2 aliphatic rings. The second kappa shape index (κ2) is 7.07. The summed E-state index contributed by atoms with van der Waals surface area (Å²) in [6.07, 6.45) is 8.60. The van der Waals surface area contributed by atoms with Crippen LogP contribution in [0.1, 0.15) is 31.2 Å². The summed E-state index contributed by atoms with van der Waals surface area (Å²) in [6.45, 7) is 3.23. The van der Waals surface area contributed by atoms with E-state index in [2.05, 4.69) is 9.88 Å². The van der Waals surface area contributed by atoms with Gasteiger partial charge in [-0.2, -0.15) is 4.31 Å². The molecule has 0 unspecified atom stereocenters. The molecular formula is C17H27N3O3S. The van der Waals surface area contributed by atoms with Crippen LogP contribution in [0.2, 0.25) is 0 Å². The van der Waals surface area contributed by atoms with Crippen LogP contribution < -0.4 is 0 Å². The number of rotatable bonds is 5. The molecule has 1 aromatic rings. The summed E-state index contributed by atoms with van der Waals surface area (Å²) < 4.78 is 31.9. The third-order valence-corrected chi connectivity index (χ3v) is 6.80. The molecule has 0 radical (unpaired) electrons. The van der Waals surface area contributed by atoms with Crippen molar-refractivity contribution in [3.8, 4) is 0 Å². The Labute approximate surface area is 144 Å². The molecule has 3 rings (SSSR count). The standard InChI is InChI=1S/C17H27N3O3S/c1-23-14-16-3-6-17(20(16)24(2,21)22)7-11-19(12-8-17)13-15-4-9-18-10-5-15/h4-5,9-10,16H,3,6-8,11-14H2,1-2H3/t16-/m0/s1. The molecule has 0 aromatic carbocycles. The molecule has 0 aliphatic carbocycles. The molecule has 134 valence electrons. The van der Waals surface area contributed by atoms with Crippen molar-refractivity contribution < 1.29 is 13.2 Å². The molecular weight excluding hydrogens is 326 g/mol. The normalized spacial score (nSPS) is 25.3. The van der Waals surface area contributed by atoms with E-state index in [4.69, 9.17) is 4.74 Å². The summed E-state index contributed by atoms with van der Waals surface area (Å²) in [5.74, 6) is 0. The van der Waals surface area contributed by atoms with E-state index in [9.17, 15) is 8.42 Å². The fourth-order valence-corrected chi connectivity index (χ4v) is 6.05. The van der Waals surface area contributed by atoms with Crippen molar-refractivity contribution in [2.45, 2.75) is 43.8 Å². The van der Waals surface area contributed by atoms with Gasteiger partial charge in [-0.3, -0.25) is 9.88 Å². The topological polar surface area (TPSA) is 62.7 Å². The Bertz CT molecular complexity index is 642. The summed E-state index contributed by atoms with van der Waals surface area (Å²) >= 11 is 0. The largest absolute Gasteiger partial charge is 0.383 e. The lowest BCUT2D eigenvalue weighted by Crippen LogP contribution is -2.56. The van der Waals surface area contributed by atoms with Gasteiger partial charge in [0.05, 0.1) is 12.9 Å². The van der Waals surface area contributed by atoms with E-state index in [0.29, 0.717) is 6.61 Å². The van der Waals surface area contributed by atoms with Gasteiger partial charge in [0, 0.05) is 50.7 Å². The van der Waals surface area contributed by atoms with Gasteiger partial charge in [0.1, 0.15) is 0 Å². The summed E-state index contributed by atoms with van der Waals surface area (Å²) in [5.41, 5.74) is 1.04. The lowest BCUT2D eigenvalue weighted by Gasteiger charge is -2.45. The van der Waals surface area contributed by atoms with Crippen LogP contribution in [0.25, 0.3) is 0 Å². The molecule has 2 aliphatic heterocycles. The van der Waals surface area contributed by atoms with Crippen LogP contribution in [0.15, 0.2) is 24.5 Å². The number of nitrogens with zero attached hydrogens (tertiary/aromatic N) is 3. The Hall–Kier alpha value is -1.02. The van der Waals surface area contributed by atoms with E-state index < -0.39 is 10.0 Å². The summed E-state index contributed by atoms with van der Waals surface area (Å²) in [5, 5.41) is 0. The average molecular weight is 353 g/mol. The van der Waals surface area contributed by atoms with Gasteiger partial charge in [0.25, 0.3) is 0 Å². The second-order valence-corrected chi connectivity index (χ2v) is 8.92. The molecule has 0 saturated carbocycles. The van der Waals surface area contributed by atoms with Gasteiger partial charge in [-0.1, -0.05) is 0 Å². The monoisotopic (exact) mass is 353 g/mol. The lowest BCUT2D eigenvalue weighted by molar-refractivity contribution is 0.0658. The predicted molar refractivity (Wildman–Crippen MR) is 93.1 cm³/mol. The minimum atomic E-state index is -3.23. The third-order valence-electron chi connectivity index (χ3n) is 5.40. The number of sulfonamides is 1. The van der Waals surface area contributed by atoms with Crippen molar-refractivity contribution in [2.75, 3.05) is 33.1 Å². The third kappa shape index (κ3) is 3.64. The Morgan fingerprint density at radius 2 is 1.92 bits per heavy atom. The molecule has 1 spiro atoms. The minimum absolute atomic E-state index is 0.0169. The van der Waals surface area contributed by atoms with Crippen LogP contribution in [0, 0.1) is 0 Å². The molecule has 1 atom stereocenters. The first-order valence-electron chi connectivity index (χ1n) is 8.54. The van der Waals surface area contributed by atoms with Crippen molar-refractivity contribution in [1.82, 2.24) is 14.2 Å². The number of ether oxygens (including phenoxy) is 1. The SMILES string of the molecule is COC[C@@H]1CCC2(CCN(Cc3ccncc3)CC2)N1S(C)(=O)=O. The smallest absolute Gasteiger partial charge is 0.212 e. The van der Waals surface area contributed by atoms with Crippen LogP contribution in [0.4, 0.5) is 0 Å². The number of likely N-dealkylation sites (tertiary alicyclic amines) is 1. The van der Waals surface area contributed by atoms with Crippen molar-refractivity contribution in [2.24, 2.45) is 0 Å². The summed E-state index contributed by atoms with van der Waals surface area (Å²) in [7, 11) is -1.59. The first-order chi connectivity index (χ1) is 11.4. The van der Waals surface area contributed by atoms with Crippen LogP contribution in [0.5, 0.6) is 0 Å². The van der Waals surface area contributed by atoms with Crippen LogP contribution in [-0.2, 0) is 21.3 Å². The molecule has 6 nitrogen and oxygen atoms in total.